The van der Waals surface area contributed by atoms with Crippen LogP contribution in [0.5, 0.6) is 0 Å². The van der Waals surface area contributed by atoms with Gasteiger partial charge in [-0.15, -0.1) is 0 Å². The van der Waals surface area contributed by atoms with Crippen LogP contribution in [0.4, 0.5) is 0 Å². The van der Waals surface area contributed by atoms with Gasteiger partial charge in [-0.1, -0.05) is 18.1 Å². The highest BCUT2D eigenvalue weighted by atomic mass is 127. The molecule has 0 N–H and O–H groups in total. The molecule has 0 fully saturated rings. The van der Waals surface area contributed by atoms with Crippen LogP contribution in [-0.2, 0) is 6.42 Å². The highest BCUT2D eigenvalue weighted by Gasteiger charge is 1.87. The molecule has 1 rings (SSSR count). The summed E-state index contributed by atoms with van der Waals surface area (Å²) in [5, 5.41) is 0. The number of hydrogen-bond donors (Lipinski definition) is 0. The zero-order chi connectivity index (χ0) is 7.40. The van der Waals surface area contributed by atoms with Crippen LogP contribution in [0.25, 0.3) is 0 Å². The SMILES string of the molecule is [C]#CCc1ccc(I)cc1. The monoisotopic (exact) mass is 241 g/mol. The van der Waals surface area contributed by atoms with Gasteiger partial charge in [0.25, 0.3) is 0 Å². The second kappa shape index (κ2) is 3.62. The smallest absolute Gasteiger partial charge is 0.0350 e. The Bertz CT molecular complexity index is 240. The first-order valence-electron chi connectivity index (χ1n) is 2.97. The van der Waals surface area contributed by atoms with Gasteiger partial charge in [0.1, 0.15) is 0 Å². The van der Waals surface area contributed by atoms with Gasteiger partial charge in [0.05, 0.1) is 0 Å². The first-order chi connectivity index (χ1) is 4.83. The summed E-state index contributed by atoms with van der Waals surface area (Å²) in [5.41, 5.74) is 1.15. The van der Waals surface area contributed by atoms with Gasteiger partial charge in [-0.05, 0) is 46.7 Å². The molecule has 1 aromatic rings. The van der Waals surface area contributed by atoms with E-state index in [4.69, 9.17) is 6.42 Å². The fraction of sp³-hybridized carbons (Fsp3) is 0.111. The molecule has 10 heavy (non-hydrogen) atoms. The van der Waals surface area contributed by atoms with Crippen molar-refractivity contribution in [1.29, 1.82) is 0 Å². The maximum Gasteiger partial charge on any atom is 0.0350 e. The Morgan fingerprint density at radius 1 is 1.30 bits per heavy atom. The molecule has 0 amide bonds. The summed E-state index contributed by atoms with van der Waals surface area (Å²) < 4.78 is 1.23. The molecule has 0 saturated heterocycles. The van der Waals surface area contributed by atoms with Crippen LogP contribution in [0.3, 0.4) is 0 Å². The van der Waals surface area contributed by atoms with Crippen LogP contribution in [0, 0.1) is 15.9 Å². The highest BCUT2D eigenvalue weighted by Crippen LogP contribution is 2.06. The van der Waals surface area contributed by atoms with Gasteiger partial charge in [0.15, 0.2) is 0 Å². The molecule has 0 saturated carbocycles. The molecular formula is C9H6I. The Kier molecular flexibility index (Phi) is 2.76. The fourth-order valence-electron chi connectivity index (χ4n) is 0.704. The Hall–Kier alpha value is -0.490. The third kappa shape index (κ3) is 2.03. The lowest BCUT2D eigenvalue weighted by Gasteiger charge is -1.93. The first-order valence-corrected chi connectivity index (χ1v) is 4.05. The minimum absolute atomic E-state index is 0.622. The normalized spacial score (nSPS) is 8.80. The molecule has 0 atom stereocenters. The largest absolute Gasteiger partial charge is 0.0843 e. The minimum Gasteiger partial charge on any atom is -0.0843 e. The second-order valence-electron chi connectivity index (χ2n) is 1.98. The van der Waals surface area contributed by atoms with Gasteiger partial charge in [-0.3, -0.25) is 0 Å². The van der Waals surface area contributed by atoms with Crippen molar-refractivity contribution in [2.45, 2.75) is 6.42 Å². The van der Waals surface area contributed by atoms with E-state index in [1.54, 1.807) is 0 Å². The summed E-state index contributed by atoms with van der Waals surface area (Å²) in [6, 6.07) is 8.10. The molecule has 0 bridgehead atoms. The van der Waals surface area contributed by atoms with Crippen LogP contribution in [0.15, 0.2) is 24.3 Å². The molecule has 0 aliphatic heterocycles. The van der Waals surface area contributed by atoms with Gasteiger partial charge in [0, 0.05) is 9.99 Å². The summed E-state index contributed by atoms with van der Waals surface area (Å²) in [6.45, 7) is 0. The molecule has 0 aliphatic rings. The molecule has 0 unspecified atom stereocenters. The molecule has 0 spiro atoms. The minimum atomic E-state index is 0.622. The van der Waals surface area contributed by atoms with Crippen LogP contribution < -0.4 is 0 Å². The topological polar surface area (TPSA) is 0 Å². The second-order valence-corrected chi connectivity index (χ2v) is 3.23. The lowest BCUT2D eigenvalue weighted by Crippen LogP contribution is -1.79. The quantitative estimate of drug-likeness (QED) is 0.523. The Balaban J connectivity index is 2.81. The predicted molar refractivity (Wildman–Crippen MR) is 50.0 cm³/mol. The third-order valence-electron chi connectivity index (χ3n) is 1.21. The van der Waals surface area contributed by atoms with E-state index in [1.807, 2.05) is 24.3 Å². The maximum absolute atomic E-state index is 6.74. The van der Waals surface area contributed by atoms with Gasteiger partial charge in [-0.25, -0.2) is 0 Å². The number of benzene rings is 1. The van der Waals surface area contributed by atoms with Crippen LogP contribution >= 0.6 is 22.6 Å². The summed E-state index contributed by atoms with van der Waals surface area (Å²) >= 11 is 2.26. The average Bonchev–Trinajstić information content (AvgIpc) is 1.95. The fourth-order valence-corrected chi connectivity index (χ4v) is 1.06. The van der Waals surface area contributed by atoms with E-state index in [0.29, 0.717) is 6.42 Å². The summed E-state index contributed by atoms with van der Waals surface area (Å²) in [6.07, 6.45) is 7.36. The zero-order valence-electron chi connectivity index (χ0n) is 5.39. The molecule has 0 nitrogen and oxygen atoms in total. The van der Waals surface area contributed by atoms with Crippen molar-refractivity contribution in [2.75, 3.05) is 0 Å². The molecular weight excluding hydrogens is 235 g/mol. The molecule has 1 aromatic carbocycles. The average molecular weight is 241 g/mol. The number of rotatable bonds is 1. The maximum atomic E-state index is 6.74. The van der Waals surface area contributed by atoms with E-state index >= 15 is 0 Å². The van der Waals surface area contributed by atoms with E-state index in [-0.39, 0.29) is 0 Å². The van der Waals surface area contributed by atoms with Crippen molar-refractivity contribution in [3.63, 3.8) is 0 Å². The zero-order valence-corrected chi connectivity index (χ0v) is 7.55. The van der Waals surface area contributed by atoms with Crippen molar-refractivity contribution >= 4 is 22.6 Å². The van der Waals surface area contributed by atoms with Crippen LogP contribution in [-0.4, -0.2) is 0 Å². The van der Waals surface area contributed by atoms with Crippen molar-refractivity contribution in [3.05, 3.63) is 39.8 Å². The predicted octanol–water partition coefficient (Wildman–Crippen LogP) is 2.42. The third-order valence-corrected chi connectivity index (χ3v) is 1.92. The summed E-state index contributed by atoms with van der Waals surface area (Å²) in [7, 11) is 0. The Morgan fingerprint density at radius 2 is 1.90 bits per heavy atom. The van der Waals surface area contributed by atoms with Crippen molar-refractivity contribution < 1.29 is 0 Å². The summed E-state index contributed by atoms with van der Waals surface area (Å²) in [4.78, 5) is 0. The van der Waals surface area contributed by atoms with E-state index < -0.39 is 0 Å². The molecule has 0 aromatic heterocycles. The Morgan fingerprint density at radius 3 is 2.40 bits per heavy atom. The molecule has 0 aliphatic carbocycles. The number of halogens is 1. The highest BCUT2D eigenvalue weighted by molar-refractivity contribution is 14.1. The van der Waals surface area contributed by atoms with Crippen molar-refractivity contribution in [1.82, 2.24) is 0 Å². The number of hydrogen-bond acceptors (Lipinski definition) is 0. The van der Waals surface area contributed by atoms with Gasteiger partial charge in [-0.2, -0.15) is 0 Å². The lowest BCUT2D eigenvalue weighted by atomic mass is 10.2. The molecule has 49 valence electrons. The van der Waals surface area contributed by atoms with E-state index in [0.717, 1.165) is 5.56 Å². The molecule has 1 radical (unpaired) electrons. The Labute approximate surface area is 74.8 Å². The molecule has 1 heteroatoms. The van der Waals surface area contributed by atoms with Crippen LogP contribution in [0.2, 0.25) is 0 Å². The van der Waals surface area contributed by atoms with Gasteiger partial charge < -0.3 is 0 Å². The van der Waals surface area contributed by atoms with E-state index in [2.05, 4.69) is 28.5 Å². The van der Waals surface area contributed by atoms with Crippen LogP contribution in [0.1, 0.15) is 5.56 Å². The lowest BCUT2D eigenvalue weighted by molar-refractivity contribution is 1.31. The van der Waals surface area contributed by atoms with Crippen molar-refractivity contribution in [3.8, 4) is 5.92 Å². The van der Waals surface area contributed by atoms with E-state index in [9.17, 15) is 0 Å². The standard InChI is InChI=1S/C9H6I/c1-2-3-8-4-6-9(10)7-5-8/h4-7H,3H2. The van der Waals surface area contributed by atoms with Gasteiger partial charge >= 0.3 is 0 Å². The molecule has 0 heterocycles. The first kappa shape index (κ1) is 7.62. The van der Waals surface area contributed by atoms with Gasteiger partial charge in [0.2, 0.25) is 0 Å². The van der Waals surface area contributed by atoms with E-state index in [1.165, 1.54) is 3.57 Å². The summed E-state index contributed by atoms with van der Waals surface area (Å²) in [5.74, 6) is 2.35. The van der Waals surface area contributed by atoms with Crippen molar-refractivity contribution in [2.24, 2.45) is 0 Å².